The molecular formula is C12H15F2NOS. The van der Waals surface area contributed by atoms with E-state index in [1.807, 2.05) is 0 Å². The van der Waals surface area contributed by atoms with Crippen LogP contribution in [0.15, 0.2) is 23.1 Å². The van der Waals surface area contributed by atoms with Gasteiger partial charge in [0.2, 0.25) is 0 Å². The minimum Gasteiger partial charge on any atom is -0.387 e. The zero-order valence-electron chi connectivity index (χ0n) is 9.33. The molecule has 0 heterocycles. The average Bonchev–Trinajstić information content (AvgIpc) is 3.11. The standard InChI is InChI=1S/C12H15F2NOS/c13-9-3-4-11(10(14)5-9)17-7-12(16,6-15)8-1-2-8/h3-5,8,16H,1-2,6-7,15H2. The maximum Gasteiger partial charge on any atom is 0.139 e. The lowest BCUT2D eigenvalue weighted by molar-refractivity contribution is 0.0510. The molecule has 1 atom stereocenters. The van der Waals surface area contributed by atoms with Crippen molar-refractivity contribution < 1.29 is 13.9 Å². The number of nitrogens with two attached hydrogens (primary N) is 1. The molecule has 0 spiro atoms. The van der Waals surface area contributed by atoms with Crippen molar-refractivity contribution in [3.63, 3.8) is 0 Å². The molecule has 0 amide bonds. The molecule has 0 aromatic heterocycles. The SMILES string of the molecule is NCC(O)(CSc1ccc(F)cc1F)C1CC1. The summed E-state index contributed by atoms with van der Waals surface area (Å²) in [6.07, 6.45) is 1.94. The average molecular weight is 259 g/mol. The Labute approximate surface area is 103 Å². The monoisotopic (exact) mass is 259 g/mol. The summed E-state index contributed by atoms with van der Waals surface area (Å²) in [5, 5.41) is 10.2. The summed E-state index contributed by atoms with van der Waals surface area (Å²) in [4.78, 5) is 0.346. The number of thioether (sulfide) groups is 1. The van der Waals surface area contributed by atoms with Crippen molar-refractivity contribution >= 4 is 11.8 Å². The molecule has 17 heavy (non-hydrogen) atoms. The van der Waals surface area contributed by atoms with Crippen molar-refractivity contribution in [2.45, 2.75) is 23.3 Å². The van der Waals surface area contributed by atoms with Crippen molar-refractivity contribution in [1.29, 1.82) is 0 Å². The van der Waals surface area contributed by atoms with Gasteiger partial charge < -0.3 is 10.8 Å². The molecule has 1 unspecified atom stereocenters. The smallest absolute Gasteiger partial charge is 0.139 e. The molecule has 5 heteroatoms. The first-order valence-electron chi connectivity index (χ1n) is 5.55. The van der Waals surface area contributed by atoms with E-state index in [-0.39, 0.29) is 12.5 Å². The van der Waals surface area contributed by atoms with Gasteiger partial charge in [-0.15, -0.1) is 11.8 Å². The van der Waals surface area contributed by atoms with Crippen LogP contribution in [-0.4, -0.2) is 23.0 Å². The van der Waals surface area contributed by atoms with E-state index in [0.717, 1.165) is 18.9 Å². The van der Waals surface area contributed by atoms with Crippen LogP contribution in [0.3, 0.4) is 0 Å². The van der Waals surface area contributed by atoms with Gasteiger partial charge in [-0.1, -0.05) is 0 Å². The van der Waals surface area contributed by atoms with E-state index >= 15 is 0 Å². The number of aliphatic hydroxyl groups is 1. The third kappa shape index (κ3) is 2.97. The fraction of sp³-hybridized carbons (Fsp3) is 0.500. The van der Waals surface area contributed by atoms with Crippen LogP contribution in [0.5, 0.6) is 0 Å². The lowest BCUT2D eigenvalue weighted by Crippen LogP contribution is -2.42. The van der Waals surface area contributed by atoms with E-state index < -0.39 is 17.2 Å². The highest BCUT2D eigenvalue weighted by molar-refractivity contribution is 7.99. The van der Waals surface area contributed by atoms with E-state index in [1.54, 1.807) is 0 Å². The topological polar surface area (TPSA) is 46.2 Å². The van der Waals surface area contributed by atoms with Gasteiger partial charge in [-0.3, -0.25) is 0 Å². The number of rotatable bonds is 5. The molecule has 0 bridgehead atoms. The first kappa shape index (κ1) is 12.8. The van der Waals surface area contributed by atoms with Crippen LogP contribution in [-0.2, 0) is 0 Å². The van der Waals surface area contributed by atoms with E-state index in [2.05, 4.69) is 0 Å². The van der Waals surface area contributed by atoms with Crippen LogP contribution < -0.4 is 5.73 Å². The summed E-state index contributed by atoms with van der Waals surface area (Å²) in [5.41, 5.74) is 4.63. The fourth-order valence-electron chi connectivity index (χ4n) is 1.76. The van der Waals surface area contributed by atoms with Crippen LogP contribution in [0.1, 0.15) is 12.8 Å². The Kier molecular flexibility index (Phi) is 3.70. The van der Waals surface area contributed by atoms with Crippen LogP contribution >= 0.6 is 11.8 Å². The molecule has 1 saturated carbocycles. The Hall–Kier alpha value is -0.650. The molecule has 0 saturated heterocycles. The molecule has 1 aliphatic rings. The van der Waals surface area contributed by atoms with Crippen molar-refractivity contribution in [3.8, 4) is 0 Å². The van der Waals surface area contributed by atoms with Gasteiger partial charge in [0.1, 0.15) is 11.6 Å². The highest BCUT2D eigenvalue weighted by atomic mass is 32.2. The number of hydrogen-bond donors (Lipinski definition) is 2. The fourth-order valence-corrected chi connectivity index (χ4v) is 2.88. The molecule has 1 aromatic carbocycles. The quantitative estimate of drug-likeness (QED) is 0.797. The van der Waals surface area contributed by atoms with Gasteiger partial charge in [-0.25, -0.2) is 8.78 Å². The van der Waals surface area contributed by atoms with Crippen LogP contribution in [0.2, 0.25) is 0 Å². The normalized spacial score (nSPS) is 19.1. The Bertz CT molecular complexity index is 411. The first-order chi connectivity index (χ1) is 8.05. The minimum absolute atomic E-state index is 0.174. The Morgan fingerprint density at radius 3 is 2.65 bits per heavy atom. The predicted molar refractivity (Wildman–Crippen MR) is 63.8 cm³/mol. The van der Waals surface area contributed by atoms with Gasteiger partial charge in [-0.2, -0.15) is 0 Å². The maximum atomic E-state index is 13.4. The largest absolute Gasteiger partial charge is 0.387 e. The van der Waals surface area contributed by atoms with Gasteiger partial charge in [0.15, 0.2) is 0 Å². The van der Waals surface area contributed by atoms with Gasteiger partial charge >= 0.3 is 0 Å². The van der Waals surface area contributed by atoms with Crippen LogP contribution in [0.4, 0.5) is 8.78 Å². The zero-order chi connectivity index (χ0) is 12.5. The Morgan fingerprint density at radius 1 is 1.41 bits per heavy atom. The highest BCUT2D eigenvalue weighted by Crippen LogP contribution is 2.42. The predicted octanol–water partition coefficient (Wildman–Crippen LogP) is 2.16. The molecule has 2 nitrogen and oxygen atoms in total. The Morgan fingerprint density at radius 2 is 2.12 bits per heavy atom. The minimum atomic E-state index is -0.925. The van der Waals surface area contributed by atoms with E-state index in [1.165, 1.54) is 23.9 Å². The van der Waals surface area contributed by atoms with Crippen molar-refractivity contribution in [3.05, 3.63) is 29.8 Å². The second kappa shape index (κ2) is 4.92. The third-order valence-corrected chi connectivity index (χ3v) is 4.35. The summed E-state index contributed by atoms with van der Waals surface area (Å²) < 4.78 is 26.1. The molecule has 0 radical (unpaired) electrons. The first-order valence-corrected chi connectivity index (χ1v) is 6.54. The summed E-state index contributed by atoms with van der Waals surface area (Å²) in [5.74, 6) is -0.617. The van der Waals surface area contributed by atoms with E-state index in [9.17, 15) is 13.9 Å². The number of benzene rings is 1. The summed E-state index contributed by atoms with van der Waals surface area (Å²) in [6, 6.07) is 3.45. The third-order valence-electron chi connectivity index (χ3n) is 3.06. The molecule has 1 aliphatic carbocycles. The van der Waals surface area contributed by atoms with E-state index in [0.29, 0.717) is 10.6 Å². The molecule has 2 rings (SSSR count). The summed E-state index contributed by atoms with van der Waals surface area (Å²) in [6.45, 7) is 0.174. The molecule has 94 valence electrons. The molecule has 1 aromatic rings. The molecule has 0 aliphatic heterocycles. The molecule has 3 N–H and O–H groups in total. The van der Waals surface area contributed by atoms with Gasteiger partial charge in [0.25, 0.3) is 0 Å². The lowest BCUT2D eigenvalue weighted by atomic mass is 10.0. The summed E-state index contributed by atoms with van der Waals surface area (Å²) >= 11 is 1.18. The Balaban J connectivity index is 2.01. The second-order valence-electron chi connectivity index (χ2n) is 4.45. The second-order valence-corrected chi connectivity index (χ2v) is 5.46. The lowest BCUT2D eigenvalue weighted by Gasteiger charge is -2.25. The van der Waals surface area contributed by atoms with Gasteiger partial charge in [0.05, 0.1) is 5.60 Å². The van der Waals surface area contributed by atoms with Crippen LogP contribution in [0.25, 0.3) is 0 Å². The van der Waals surface area contributed by atoms with Gasteiger partial charge in [0, 0.05) is 23.3 Å². The number of halogens is 2. The summed E-state index contributed by atoms with van der Waals surface area (Å²) in [7, 11) is 0. The van der Waals surface area contributed by atoms with Crippen molar-refractivity contribution in [1.82, 2.24) is 0 Å². The molecular weight excluding hydrogens is 244 g/mol. The highest BCUT2D eigenvalue weighted by Gasteiger charge is 2.42. The maximum absolute atomic E-state index is 13.4. The number of hydrogen-bond acceptors (Lipinski definition) is 3. The van der Waals surface area contributed by atoms with Gasteiger partial charge in [-0.05, 0) is 30.9 Å². The van der Waals surface area contributed by atoms with Crippen LogP contribution in [0, 0.1) is 17.6 Å². The van der Waals surface area contributed by atoms with E-state index in [4.69, 9.17) is 5.73 Å². The zero-order valence-corrected chi connectivity index (χ0v) is 10.1. The van der Waals surface area contributed by atoms with Crippen molar-refractivity contribution in [2.75, 3.05) is 12.3 Å². The molecule has 1 fully saturated rings. The van der Waals surface area contributed by atoms with Crippen molar-refractivity contribution in [2.24, 2.45) is 11.7 Å².